The second kappa shape index (κ2) is 3.23. The molecule has 4 heteroatoms. The molecule has 0 saturated heterocycles. The van der Waals surface area contributed by atoms with Gasteiger partial charge in [-0.25, -0.2) is 0 Å². The molecule has 0 atom stereocenters. The summed E-state index contributed by atoms with van der Waals surface area (Å²) < 4.78 is 0. The first-order chi connectivity index (χ1) is 7.02. The molecule has 2 aromatic carbocycles. The Labute approximate surface area is 90.4 Å². The SMILES string of the molecule is Bc1c(O)cc2c(C)ccc(O)c2c1B. The van der Waals surface area contributed by atoms with Crippen molar-refractivity contribution < 1.29 is 10.2 Å². The van der Waals surface area contributed by atoms with E-state index in [0.717, 1.165) is 27.3 Å². The number of benzene rings is 2. The van der Waals surface area contributed by atoms with Gasteiger partial charge in [-0.15, -0.1) is 0 Å². The Balaban J connectivity index is 3.04. The minimum atomic E-state index is 0.274. The smallest absolute Gasteiger partial charge is 0.143 e. The highest BCUT2D eigenvalue weighted by Gasteiger charge is 2.10. The molecule has 0 radical (unpaired) electrons. The number of hydrogen-bond acceptors (Lipinski definition) is 2. The summed E-state index contributed by atoms with van der Waals surface area (Å²) in [5.74, 6) is 0.560. The zero-order valence-corrected chi connectivity index (χ0v) is 9.13. The third-order valence-electron chi connectivity index (χ3n) is 3.04. The molecule has 0 aliphatic carbocycles. The average Bonchev–Trinajstić information content (AvgIpc) is 2.20. The lowest BCUT2D eigenvalue weighted by Crippen LogP contribution is -2.26. The molecule has 0 unspecified atom stereocenters. The molecule has 15 heavy (non-hydrogen) atoms. The molecule has 2 rings (SSSR count). The average molecular weight is 198 g/mol. The molecule has 0 aromatic heterocycles. The van der Waals surface area contributed by atoms with Crippen molar-refractivity contribution >= 4 is 37.4 Å². The normalized spacial score (nSPS) is 10.7. The molecular weight excluding hydrogens is 186 g/mol. The number of aromatic hydroxyl groups is 2. The maximum absolute atomic E-state index is 9.81. The van der Waals surface area contributed by atoms with Gasteiger partial charge in [0.25, 0.3) is 0 Å². The van der Waals surface area contributed by atoms with Crippen LogP contribution < -0.4 is 10.9 Å². The van der Waals surface area contributed by atoms with Crippen LogP contribution in [0.4, 0.5) is 0 Å². The lowest BCUT2D eigenvalue weighted by Gasteiger charge is -2.12. The topological polar surface area (TPSA) is 40.5 Å². The van der Waals surface area contributed by atoms with Gasteiger partial charge in [0.05, 0.1) is 0 Å². The van der Waals surface area contributed by atoms with Crippen molar-refractivity contribution in [1.82, 2.24) is 0 Å². The monoisotopic (exact) mass is 198 g/mol. The molecule has 0 heterocycles. The summed E-state index contributed by atoms with van der Waals surface area (Å²) in [6.07, 6.45) is 0. The van der Waals surface area contributed by atoms with Crippen molar-refractivity contribution in [3.05, 3.63) is 23.8 Å². The van der Waals surface area contributed by atoms with Gasteiger partial charge in [-0.3, -0.25) is 0 Å². The van der Waals surface area contributed by atoms with E-state index in [1.807, 2.05) is 28.7 Å². The molecule has 74 valence electrons. The van der Waals surface area contributed by atoms with Crippen molar-refractivity contribution in [3.8, 4) is 11.5 Å². The van der Waals surface area contributed by atoms with Crippen LogP contribution in [0, 0.1) is 6.92 Å². The highest BCUT2D eigenvalue weighted by Crippen LogP contribution is 2.27. The summed E-state index contributed by atoms with van der Waals surface area (Å²) in [7, 11) is 3.77. The fourth-order valence-corrected chi connectivity index (χ4v) is 1.92. The number of fused-ring (bicyclic) bond motifs is 1. The molecular formula is C11H12B2O2. The summed E-state index contributed by atoms with van der Waals surface area (Å²) in [5.41, 5.74) is 2.82. The highest BCUT2D eigenvalue weighted by atomic mass is 16.3. The van der Waals surface area contributed by atoms with E-state index in [1.165, 1.54) is 0 Å². The van der Waals surface area contributed by atoms with E-state index < -0.39 is 0 Å². The van der Waals surface area contributed by atoms with Crippen LogP contribution in [0.1, 0.15) is 5.56 Å². The summed E-state index contributed by atoms with van der Waals surface area (Å²) in [4.78, 5) is 0. The van der Waals surface area contributed by atoms with E-state index in [0.29, 0.717) is 0 Å². The molecule has 2 aromatic rings. The maximum atomic E-state index is 9.81. The van der Waals surface area contributed by atoms with Gasteiger partial charge in [-0.2, -0.15) is 0 Å². The quantitative estimate of drug-likeness (QED) is 0.537. The van der Waals surface area contributed by atoms with Crippen molar-refractivity contribution in [2.45, 2.75) is 6.92 Å². The van der Waals surface area contributed by atoms with Crippen LogP contribution in [-0.4, -0.2) is 25.9 Å². The summed E-state index contributed by atoms with van der Waals surface area (Å²) >= 11 is 0. The number of phenolic OH excluding ortho intramolecular Hbond substituents is 2. The van der Waals surface area contributed by atoms with Crippen LogP contribution in [0.2, 0.25) is 0 Å². The van der Waals surface area contributed by atoms with E-state index in [-0.39, 0.29) is 11.5 Å². The first-order valence-electron chi connectivity index (χ1n) is 4.94. The number of hydrogen-bond donors (Lipinski definition) is 2. The molecule has 2 N–H and O–H groups in total. The minimum Gasteiger partial charge on any atom is -0.509 e. The van der Waals surface area contributed by atoms with E-state index in [9.17, 15) is 10.2 Å². The third kappa shape index (κ3) is 1.37. The largest absolute Gasteiger partial charge is 0.509 e. The van der Waals surface area contributed by atoms with Gasteiger partial charge in [0.1, 0.15) is 27.2 Å². The maximum Gasteiger partial charge on any atom is 0.143 e. The first kappa shape index (κ1) is 9.97. The van der Waals surface area contributed by atoms with Gasteiger partial charge in [0.2, 0.25) is 0 Å². The summed E-state index contributed by atoms with van der Waals surface area (Å²) in [6, 6.07) is 5.26. The fourth-order valence-electron chi connectivity index (χ4n) is 1.92. The van der Waals surface area contributed by atoms with Crippen LogP contribution in [0.15, 0.2) is 18.2 Å². The predicted octanol–water partition coefficient (Wildman–Crippen LogP) is -0.924. The molecule has 0 spiro atoms. The molecule has 2 nitrogen and oxygen atoms in total. The molecule has 0 bridgehead atoms. The number of aryl methyl sites for hydroxylation is 1. The van der Waals surface area contributed by atoms with E-state index >= 15 is 0 Å². The Bertz CT molecular complexity index is 550. The highest BCUT2D eigenvalue weighted by molar-refractivity contribution is 6.54. The van der Waals surface area contributed by atoms with Gasteiger partial charge in [0.15, 0.2) is 0 Å². The molecule has 0 amide bonds. The fraction of sp³-hybridized carbons (Fsp3) is 0.0909. The third-order valence-corrected chi connectivity index (χ3v) is 3.04. The van der Waals surface area contributed by atoms with E-state index in [4.69, 9.17) is 0 Å². The van der Waals surface area contributed by atoms with Gasteiger partial charge in [-0.05, 0) is 30.0 Å². The second-order valence-electron chi connectivity index (χ2n) is 3.97. The standard InChI is InChI=1S/C11H12B2O2/c1-5-2-3-7(14)9-6(5)4-8(15)10(12)11(9)13/h2-4,14-15H,12-13H2,1H3. The molecule has 0 fully saturated rings. The van der Waals surface area contributed by atoms with Crippen molar-refractivity contribution in [1.29, 1.82) is 0 Å². The van der Waals surface area contributed by atoms with Crippen LogP contribution >= 0.6 is 0 Å². The lowest BCUT2D eigenvalue weighted by molar-refractivity contribution is 0.479. The molecule has 0 aliphatic heterocycles. The van der Waals surface area contributed by atoms with E-state index in [1.54, 1.807) is 12.1 Å². The minimum absolute atomic E-state index is 0.274. The van der Waals surface area contributed by atoms with Gasteiger partial charge in [0, 0.05) is 5.39 Å². The Morgan fingerprint density at radius 1 is 1.00 bits per heavy atom. The second-order valence-corrected chi connectivity index (χ2v) is 3.97. The number of phenols is 2. The van der Waals surface area contributed by atoms with Crippen molar-refractivity contribution in [3.63, 3.8) is 0 Å². The summed E-state index contributed by atoms with van der Waals surface area (Å²) in [5, 5.41) is 21.3. The Morgan fingerprint density at radius 3 is 2.33 bits per heavy atom. The lowest BCUT2D eigenvalue weighted by atomic mass is 9.76. The van der Waals surface area contributed by atoms with Crippen LogP contribution in [0.25, 0.3) is 10.8 Å². The van der Waals surface area contributed by atoms with Crippen LogP contribution in [0.3, 0.4) is 0 Å². The van der Waals surface area contributed by atoms with Crippen molar-refractivity contribution in [2.24, 2.45) is 0 Å². The van der Waals surface area contributed by atoms with Crippen LogP contribution in [0.5, 0.6) is 11.5 Å². The zero-order chi connectivity index (χ0) is 11.2. The van der Waals surface area contributed by atoms with Gasteiger partial charge in [-0.1, -0.05) is 17.0 Å². The van der Waals surface area contributed by atoms with Crippen molar-refractivity contribution in [2.75, 3.05) is 0 Å². The predicted molar refractivity (Wildman–Crippen MR) is 68.4 cm³/mol. The first-order valence-corrected chi connectivity index (χ1v) is 4.94. The van der Waals surface area contributed by atoms with Gasteiger partial charge < -0.3 is 10.2 Å². The molecule has 0 saturated carbocycles. The van der Waals surface area contributed by atoms with E-state index in [2.05, 4.69) is 0 Å². The Morgan fingerprint density at radius 2 is 1.67 bits per heavy atom. The molecule has 0 aliphatic rings. The zero-order valence-electron chi connectivity index (χ0n) is 9.13. The number of rotatable bonds is 0. The Hall–Kier alpha value is -1.57. The summed E-state index contributed by atoms with van der Waals surface area (Å²) in [6.45, 7) is 1.97. The van der Waals surface area contributed by atoms with Gasteiger partial charge >= 0.3 is 0 Å². The Kier molecular flexibility index (Phi) is 2.14. The van der Waals surface area contributed by atoms with Crippen LogP contribution in [-0.2, 0) is 0 Å².